The molecule has 16 heteroatoms. The minimum Gasteiger partial charge on any atom is -0.497 e. The molecular weight excluding hydrogens is 917 g/mol. The maximum Gasteiger partial charge on any atom is 0.366 e. The van der Waals surface area contributed by atoms with Crippen molar-refractivity contribution in [1.29, 1.82) is 0 Å². The molecule has 69 heavy (non-hydrogen) atoms. The Balaban J connectivity index is 1.44. The molecule has 0 amide bonds. The van der Waals surface area contributed by atoms with Gasteiger partial charge in [0, 0.05) is 55.1 Å². The third kappa shape index (κ3) is 9.42. The van der Waals surface area contributed by atoms with Crippen LogP contribution in [0.25, 0.3) is 0 Å². The molecule has 3 heterocycles. The molecule has 2 aliphatic carbocycles. The molecule has 380 valence electrons. The second kappa shape index (κ2) is 22.1. The number of hydrogen-bond donors (Lipinski definition) is 0. The summed E-state index contributed by atoms with van der Waals surface area (Å²) in [5.41, 5.74) is 2.60. The summed E-state index contributed by atoms with van der Waals surface area (Å²) in [6, 6.07) is 21.8. The van der Waals surface area contributed by atoms with Crippen molar-refractivity contribution in [3.8, 4) is 5.75 Å². The van der Waals surface area contributed by atoms with Gasteiger partial charge in [-0.1, -0.05) is 90.6 Å². The predicted octanol–water partition coefficient (Wildman–Crippen LogP) is 8.72. The van der Waals surface area contributed by atoms with E-state index < -0.39 is 93.7 Å². The third-order valence-corrected chi connectivity index (χ3v) is 26.3. The molecule has 0 radical (unpaired) electrons. The molecule has 2 saturated carbocycles. The summed E-state index contributed by atoms with van der Waals surface area (Å²) in [5, 5.41) is 0. The topological polar surface area (TPSA) is 153 Å². The first-order chi connectivity index (χ1) is 33.3. The van der Waals surface area contributed by atoms with Crippen molar-refractivity contribution in [3.63, 3.8) is 0 Å². The molecule has 7 rings (SSSR count). The van der Waals surface area contributed by atoms with Crippen LogP contribution in [-0.4, -0.2) is 118 Å². The van der Waals surface area contributed by atoms with E-state index in [1.807, 2.05) is 54.6 Å². The number of hydrogen-bond acceptors (Lipinski definition) is 14. The standard InChI is InChI=1S/C53H76O14Si2/c1-12-39(41-28-38(29-43(58-9)65-41)61-31-36-24-26-37(57-8)27-25-36)44-46(54)47-45-40(33-62-47)52(49(55)59-10,67-69(16-5,17-6)18-7)30-42(66-68(13-2,14-3)15-4)51(45)34-64-53(48(44)51,50(56)60-11)63-32-35-22-20-19-21-23-35/h19-27,38,40-45,47-48H,1,13-18,28-34H2,2-11H3/t38-,40?,41+,42+,43+,44+,45-,47-,48+,51+,52-,53+/m1/s1. The lowest BCUT2D eigenvalue weighted by Crippen LogP contribution is -2.74. The van der Waals surface area contributed by atoms with Crippen LogP contribution < -0.4 is 4.74 Å². The van der Waals surface area contributed by atoms with Crippen molar-refractivity contribution in [3.05, 3.63) is 83.6 Å². The van der Waals surface area contributed by atoms with Gasteiger partial charge < -0.3 is 51.5 Å². The second-order valence-corrected chi connectivity index (χ2v) is 28.9. The highest BCUT2D eigenvalue weighted by molar-refractivity contribution is 6.74. The summed E-state index contributed by atoms with van der Waals surface area (Å²) in [5.74, 6) is -6.78. The van der Waals surface area contributed by atoms with Crippen molar-refractivity contribution >= 4 is 34.4 Å². The number of esters is 2. The van der Waals surface area contributed by atoms with Gasteiger partial charge in [0.1, 0.15) is 11.9 Å². The number of rotatable bonds is 22. The first kappa shape index (κ1) is 53.3. The normalized spacial score (nSPS) is 33.0. The number of carbonyl (C=O) groups is 3. The predicted molar refractivity (Wildman–Crippen MR) is 262 cm³/mol. The van der Waals surface area contributed by atoms with Gasteiger partial charge in [-0.25, -0.2) is 9.59 Å². The lowest BCUT2D eigenvalue weighted by Gasteiger charge is -2.62. The molecule has 2 aromatic carbocycles. The summed E-state index contributed by atoms with van der Waals surface area (Å²) in [7, 11) is 0.663. The quantitative estimate of drug-likeness (QED) is 0.0628. The van der Waals surface area contributed by atoms with E-state index in [-0.39, 0.29) is 38.1 Å². The number of ketones is 1. The molecule has 3 saturated heterocycles. The first-order valence-electron chi connectivity index (χ1n) is 25.1. The molecule has 5 aliphatic rings. The largest absolute Gasteiger partial charge is 0.497 e. The molecule has 0 bridgehead atoms. The molecule has 0 aromatic heterocycles. The van der Waals surface area contributed by atoms with Crippen molar-refractivity contribution in [1.82, 2.24) is 0 Å². The van der Waals surface area contributed by atoms with Gasteiger partial charge in [0.15, 0.2) is 34.3 Å². The summed E-state index contributed by atoms with van der Waals surface area (Å²) in [6.07, 6.45) is -2.94. The Kier molecular flexibility index (Phi) is 17.1. The van der Waals surface area contributed by atoms with Crippen LogP contribution in [-0.2, 0) is 74.3 Å². The monoisotopic (exact) mass is 992 g/mol. The lowest BCUT2D eigenvalue weighted by molar-refractivity contribution is -0.261. The molecule has 3 aliphatic heterocycles. The SMILES string of the molecule is C=C=C([C@H]1C(=O)[C@@H]2OCC3[C@H]2[C@]2(CO[C@](OCc4ccccc4)(C(=O)OC)[C@@H]12)[C@@H](O[Si](CC)(CC)CC)C[C@]3(O[Si](CC)(CC)CC)C(=O)OC)[C@@H]1C[C@@H](OCc2ccc(OC)cc2)C[C@@H](OC)O1. The van der Waals surface area contributed by atoms with E-state index in [0.717, 1.165) is 53.1 Å². The van der Waals surface area contributed by atoms with Crippen molar-refractivity contribution < 1.29 is 65.9 Å². The van der Waals surface area contributed by atoms with Gasteiger partial charge in [0.05, 0.1) is 72.0 Å². The molecule has 5 fully saturated rings. The highest BCUT2D eigenvalue weighted by atomic mass is 28.4. The molecule has 0 N–H and O–H groups in total. The number of carbonyl (C=O) groups excluding carboxylic acids is 3. The molecule has 2 aromatic rings. The van der Waals surface area contributed by atoms with Crippen LogP contribution in [0.2, 0.25) is 36.3 Å². The van der Waals surface area contributed by atoms with Gasteiger partial charge in [0.2, 0.25) is 0 Å². The minimum atomic E-state index is -2.62. The van der Waals surface area contributed by atoms with E-state index in [1.54, 1.807) is 14.2 Å². The molecule has 1 unspecified atom stereocenters. The van der Waals surface area contributed by atoms with E-state index >= 15 is 9.59 Å². The zero-order chi connectivity index (χ0) is 49.8. The van der Waals surface area contributed by atoms with Gasteiger partial charge in [-0.05, 0) is 59.5 Å². The molecule has 1 spiro atoms. The lowest BCUT2D eigenvalue weighted by atomic mass is 9.44. The number of methoxy groups -OCH3 is 4. The number of ether oxygens (including phenoxy) is 9. The summed E-state index contributed by atoms with van der Waals surface area (Å²) >= 11 is 0. The van der Waals surface area contributed by atoms with Crippen LogP contribution >= 0.6 is 0 Å². The fourth-order valence-electron chi connectivity index (χ4n) is 12.7. The maximum absolute atomic E-state index is 16.2. The van der Waals surface area contributed by atoms with Gasteiger partial charge in [-0.3, -0.25) is 4.79 Å². The Hall–Kier alpha value is -3.52. The van der Waals surface area contributed by atoms with Crippen LogP contribution in [0.3, 0.4) is 0 Å². The fraction of sp³-hybridized carbons (Fsp3) is 0.660. The van der Waals surface area contributed by atoms with Crippen LogP contribution in [0.1, 0.15) is 71.9 Å². The maximum atomic E-state index is 16.2. The zero-order valence-corrected chi connectivity index (χ0v) is 44.5. The van der Waals surface area contributed by atoms with Gasteiger partial charge >= 0.3 is 11.9 Å². The smallest absolute Gasteiger partial charge is 0.366 e. The first-order valence-corrected chi connectivity index (χ1v) is 30.2. The van der Waals surface area contributed by atoms with E-state index in [4.69, 9.17) is 51.5 Å². The van der Waals surface area contributed by atoms with Crippen molar-refractivity contribution in [2.75, 3.05) is 41.7 Å². The summed E-state index contributed by atoms with van der Waals surface area (Å²) in [4.78, 5) is 46.3. The van der Waals surface area contributed by atoms with Crippen LogP contribution in [0.4, 0.5) is 0 Å². The van der Waals surface area contributed by atoms with Gasteiger partial charge in [-0.2, -0.15) is 0 Å². The highest BCUT2D eigenvalue weighted by Gasteiger charge is 2.83. The Labute approximate surface area is 411 Å². The molecule has 14 nitrogen and oxygen atoms in total. The summed E-state index contributed by atoms with van der Waals surface area (Å²) < 4.78 is 72.3. The van der Waals surface area contributed by atoms with E-state index in [2.05, 4.69) is 53.9 Å². The van der Waals surface area contributed by atoms with Crippen molar-refractivity contribution in [2.24, 2.45) is 29.1 Å². The highest BCUT2D eigenvalue weighted by Crippen LogP contribution is 2.70. The third-order valence-electron chi connectivity index (χ3n) is 17.0. The Morgan fingerprint density at radius 2 is 1.45 bits per heavy atom. The Morgan fingerprint density at radius 3 is 2.03 bits per heavy atom. The van der Waals surface area contributed by atoms with Crippen LogP contribution in [0.5, 0.6) is 5.75 Å². The Morgan fingerprint density at radius 1 is 0.812 bits per heavy atom. The molecular formula is C53H76O14Si2. The van der Waals surface area contributed by atoms with Crippen molar-refractivity contribution in [2.45, 2.75) is 152 Å². The van der Waals surface area contributed by atoms with Gasteiger partial charge in [0.25, 0.3) is 5.79 Å². The van der Waals surface area contributed by atoms with E-state index in [0.29, 0.717) is 25.0 Å². The summed E-state index contributed by atoms with van der Waals surface area (Å²) in [6.45, 7) is 17.3. The fourth-order valence-corrected chi connectivity index (χ4v) is 18.6. The number of Topliss-reactive ketones (excluding diaryl/α,β-unsaturated/α-hetero) is 1. The van der Waals surface area contributed by atoms with Gasteiger partial charge in [-0.15, -0.1) is 5.73 Å². The minimum absolute atomic E-state index is 0.0276. The average molecular weight is 993 g/mol. The number of benzene rings is 2. The van der Waals surface area contributed by atoms with Crippen LogP contribution in [0.15, 0.2) is 72.5 Å². The zero-order valence-electron chi connectivity index (χ0n) is 42.5. The second-order valence-electron chi connectivity index (χ2n) is 19.5. The average Bonchev–Trinajstić information content (AvgIpc) is 4.01. The van der Waals surface area contributed by atoms with E-state index in [9.17, 15) is 4.79 Å². The molecule has 12 atom stereocenters. The Bertz CT molecular complexity index is 2130. The van der Waals surface area contributed by atoms with E-state index in [1.165, 1.54) is 14.2 Å². The van der Waals surface area contributed by atoms with Crippen LogP contribution in [0, 0.1) is 29.1 Å².